The van der Waals surface area contributed by atoms with Gasteiger partial charge in [0.15, 0.2) is 0 Å². The van der Waals surface area contributed by atoms with Crippen LogP contribution in [-0.4, -0.2) is 53.9 Å². The van der Waals surface area contributed by atoms with Gasteiger partial charge in [0.2, 0.25) is 5.91 Å². The number of hydrogen-bond donors (Lipinski definition) is 2. The monoisotopic (exact) mass is 474 g/mol. The molecule has 1 atom stereocenters. The number of likely N-dealkylation sites (tertiary alicyclic amines) is 1. The molecule has 0 saturated carbocycles. The molecule has 0 unspecified atom stereocenters. The quantitative estimate of drug-likeness (QED) is 0.666. The third-order valence-electron chi connectivity index (χ3n) is 4.27. The Balaban J connectivity index is 1.70. The van der Waals surface area contributed by atoms with Crippen LogP contribution in [0.3, 0.4) is 0 Å². The second-order valence-corrected chi connectivity index (χ2v) is 7.33. The van der Waals surface area contributed by atoms with Crippen molar-refractivity contribution in [2.45, 2.75) is 18.5 Å². The second-order valence-electron chi connectivity index (χ2n) is 6.09. The highest BCUT2D eigenvalue weighted by atomic mass is 127. The highest BCUT2D eigenvalue weighted by Gasteiger charge is 2.46. The number of halogens is 3. The van der Waals surface area contributed by atoms with Gasteiger partial charge in [-0.1, -0.05) is 6.07 Å². The van der Waals surface area contributed by atoms with Crippen molar-refractivity contribution in [2.75, 3.05) is 20.1 Å². The molecule has 1 aliphatic rings. The first-order valence-electron chi connectivity index (χ1n) is 7.98. The fraction of sp³-hybridized carbons (Fsp3) is 0.353. The Labute approximate surface area is 162 Å². The molecule has 2 amide bonds. The molecular weight excluding hydrogens is 457 g/mol. The summed E-state index contributed by atoms with van der Waals surface area (Å²) in [7, 11) is 1.52. The van der Waals surface area contributed by atoms with Crippen LogP contribution < -0.4 is 10.6 Å². The van der Waals surface area contributed by atoms with Gasteiger partial charge in [-0.2, -0.15) is 0 Å². The lowest BCUT2D eigenvalue weighted by Gasteiger charge is -2.23. The minimum atomic E-state index is -2.92. The van der Waals surface area contributed by atoms with E-state index >= 15 is 0 Å². The second kappa shape index (κ2) is 7.39. The van der Waals surface area contributed by atoms with Crippen LogP contribution in [0.5, 0.6) is 0 Å². The number of aromatic nitrogens is 1. The van der Waals surface area contributed by atoms with Crippen molar-refractivity contribution in [3.8, 4) is 0 Å². The number of nitrogens with one attached hydrogen (secondary N) is 2. The standard InChI is InChI=1S/C17H17F2IN4O2/c1-21-14-7-17(18,19)9-24(14)15(25)8-23-16(26)12-4-5-22-13-6-10(20)2-3-11(12)13/h2-6,14,21H,7-9H2,1H3,(H,23,26)/t14-/m0/s1. The molecule has 2 heterocycles. The summed E-state index contributed by atoms with van der Waals surface area (Å²) >= 11 is 2.15. The smallest absolute Gasteiger partial charge is 0.268 e. The zero-order valence-electron chi connectivity index (χ0n) is 13.9. The largest absolute Gasteiger partial charge is 0.343 e. The van der Waals surface area contributed by atoms with Crippen molar-refractivity contribution in [3.05, 3.63) is 39.6 Å². The molecule has 26 heavy (non-hydrogen) atoms. The number of nitrogens with zero attached hydrogens (tertiary/aromatic N) is 2. The summed E-state index contributed by atoms with van der Waals surface area (Å²) < 4.78 is 28.1. The Bertz CT molecular complexity index is 862. The molecule has 0 spiro atoms. The van der Waals surface area contributed by atoms with Gasteiger partial charge in [-0.05, 0) is 47.8 Å². The van der Waals surface area contributed by atoms with Crippen LogP contribution in [0.25, 0.3) is 10.9 Å². The summed E-state index contributed by atoms with van der Waals surface area (Å²) in [6.07, 6.45) is 0.350. The van der Waals surface area contributed by atoms with Crippen LogP contribution >= 0.6 is 22.6 Å². The number of fused-ring (bicyclic) bond motifs is 1. The maximum absolute atomic E-state index is 13.5. The van der Waals surface area contributed by atoms with E-state index in [0.717, 1.165) is 8.47 Å². The van der Waals surface area contributed by atoms with E-state index in [1.807, 2.05) is 12.1 Å². The molecule has 2 N–H and O–H groups in total. The first-order valence-corrected chi connectivity index (χ1v) is 9.05. The highest BCUT2D eigenvalue weighted by molar-refractivity contribution is 14.1. The van der Waals surface area contributed by atoms with E-state index < -0.39 is 36.9 Å². The number of hydrogen-bond acceptors (Lipinski definition) is 4. The predicted molar refractivity (Wildman–Crippen MR) is 101 cm³/mol. The van der Waals surface area contributed by atoms with Gasteiger partial charge in [-0.15, -0.1) is 0 Å². The molecule has 3 rings (SSSR count). The summed E-state index contributed by atoms with van der Waals surface area (Å²) in [6, 6.07) is 7.06. The molecule has 1 aromatic carbocycles. The van der Waals surface area contributed by atoms with Gasteiger partial charge in [0.05, 0.1) is 30.3 Å². The Morgan fingerprint density at radius 2 is 2.15 bits per heavy atom. The minimum absolute atomic E-state index is 0.346. The van der Waals surface area contributed by atoms with E-state index in [1.54, 1.807) is 12.1 Å². The van der Waals surface area contributed by atoms with Crippen LogP contribution in [0, 0.1) is 3.57 Å². The number of benzene rings is 1. The van der Waals surface area contributed by atoms with Crippen LogP contribution in [0.15, 0.2) is 30.5 Å². The summed E-state index contributed by atoms with van der Waals surface area (Å²) in [5.41, 5.74) is 1.06. The lowest BCUT2D eigenvalue weighted by atomic mass is 10.1. The normalized spacial score (nSPS) is 18.9. The molecule has 0 bridgehead atoms. The highest BCUT2D eigenvalue weighted by Crippen LogP contribution is 2.30. The Kier molecular flexibility index (Phi) is 5.37. The molecule has 0 aliphatic carbocycles. The summed E-state index contributed by atoms with van der Waals surface area (Å²) in [6.45, 7) is -0.995. The lowest BCUT2D eigenvalue weighted by molar-refractivity contribution is -0.132. The van der Waals surface area contributed by atoms with Crippen molar-refractivity contribution in [1.29, 1.82) is 0 Å². The zero-order valence-corrected chi connectivity index (χ0v) is 16.1. The van der Waals surface area contributed by atoms with E-state index in [4.69, 9.17) is 0 Å². The van der Waals surface area contributed by atoms with Crippen molar-refractivity contribution < 1.29 is 18.4 Å². The molecule has 1 aromatic heterocycles. The molecule has 2 aromatic rings. The van der Waals surface area contributed by atoms with E-state index in [9.17, 15) is 18.4 Å². The molecule has 0 radical (unpaired) electrons. The fourth-order valence-electron chi connectivity index (χ4n) is 3.01. The van der Waals surface area contributed by atoms with Gasteiger partial charge in [0, 0.05) is 21.6 Å². The van der Waals surface area contributed by atoms with Gasteiger partial charge in [0.25, 0.3) is 11.8 Å². The Morgan fingerprint density at radius 1 is 1.38 bits per heavy atom. The third kappa shape index (κ3) is 3.93. The van der Waals surface area contributed by atoms with Crippen molar-refractivity contribution in [2.24, 2.45) is 0 Å². The molecular formula is C17H17F2IN4O2. The average Bonchev–Trinajstić information content (AvgIpc) is 2.93. The Hall–Kier alpha value is -1.88. The third-order valence-corrected chi connectivity index (χ3v) is 4.94. The summed E-state index contributed by atoms with van der Waals surface area (Å²) in [5, 5.41) is 5.89. The van der Waals surface area contributed by atoms with Gasteiger partial charge in [-0.25, -0.2) is 8.78 Å². The average molecular weight is 474 g/mol. The molecule has 1 aliphatic heterocycles. The molecule has 1 fully saturated rings. The molecule has 9 heteroatoms. The number of rotatable bonds is 4. The van der Waals surface area contributed by atoms with E-state index in [-0.39, 0.29) is 6.54 Å². The fourth-order valence-corrected chi connectivity index (χ4v) is 3.48. The lowest BCUT2D eigenvalue weighted by Crippen LogP contribution is -2.47. The van der Waals surface area contributed by atoms with E-state index in [0.29, 0.717) is 16.5 Å². The number of carbonyl (C=O) groups excluding carboxylic acids is 2. The molecule has 1 saturated heterocycles. The van der Waals surface area contributed by atoms with Gasteiger partial charge in [0.1, 0.15) is 0 Å². The van der Waals surface area contributed by atoms with Crippen LogP contribution in [-0.2, 0) is 4.79 Å². The first-order chi connectivity index (χ1) is 12.3. The summed E-state index contributed by atoms with van der Waals surface area (Å²) in [5.74, 6) is -3.92. The minimum Gasteiger partial charge on any atom is -0.343 e. The maximum atomic E-state index is 13.5. The van der Waals surface area contributed by atoms with Crippen molar-refractivity contribution >= 4 is 45.3 Å². The Morgan fingerprint density at radius 3 is 2.88 bits per heavy atom. The number of amides is 2. The summed E-state index contributed by atoms with van der Waals surface area (Å²) in [4.78, 5) is 30.0. The van der Waals surface area contributed by atoms with Gasteiger partial charge >= 0.3 is 0 Å². The van der Waals surface area contributed by atoms with Crippen LogP contribution in [0.1, 0.15) is 16.8 Å². The zero-order chi connectivity index (χ0) is 18.9. The number of pyridine rings is 1. The van der Waals surface area contributed by atoms with Crippen LogP contribution in [0.4, 0.5) is 8.78 Å². The number of alkyl halides is 2. The maximum Gasteiger partial charge on any atom is 0.268 e. The predicted octanol–water partition coefficient (Wildman–Crippen LogP) is 1.98. The number of carbonyl (C=O) groups is 2. The van der Waals surface area contributed by atoms with Gasteiger partial charge < -0.3 is 15.5 Å². The topological polar surface area (TPSA) is 74.3 Å². The van der Waals surface area contributed by atoms with E-state index in [2.05, 4.69) is 38.2 Å². The van der Waals surface area contributed by atoms with E-state index in [1.165, 1.54) is 13.2 Å². The van der Waals surface area contributed by atoms with Crippen LogP contribution in [0.2, 0.25) is 0 Å². The molecule has 138 valence electrons. The van der Waals surface area contributed by atoms with Crippen molar-refractivity contribution in [3.63, 3.8) is 0 Å². The SMILES string of the molecule is CN[C@@H]1CC(F)(F)CN1C(=O)CNC(=O)c1ccnc2cc(I)ccc12. The molecule has 6 nitrogen and oxygen atoms in total. The first kappa shape index (κ1) is 18.9. The van der Waals surface area contributed by atoms with Gasteiger partial charge in [-0.3, -0.25) is 14.6 Å². The van der Waals surface area contributed by atoms with Crippen molar-refractivity contribution in [1.82, 2.24) is 20.5 Å².